The molecule has 5 atom stereocenters. The Morgan fingerprint density at radius 3 is 2.23 bits per heavy atom. The molecule has 1 fully saturated rings. The third kappa shape index (κ3) is 9.70. The highest BCUT2D eigenvalue weighted by Gasteiger charge is 2.39. The summed E-state index contributed by atoms with van der Waals surface area (Å²) in [6.07, 6.45) is 3.15. The number of likely N-dealkylation sites (tertiary alicyclic amines) is 1. The number of nitrogens with zero attached hydrogens (tertiary/aromatic N) is 1. The van der Waals surface area contributed by atoms with Gasteiger partial charge in [-0.25, -0.2) is 4.79 Å². The van der Waals surface area contributed by atoms with Crippen LogP contribution in [0.4, 0.5) is 0 Å². The van der Waals surface area contributed by atoms with Gasteiger partial charge in [0.2, 0.25) is 23.6 Å². The van der Waals surface area contributed by atoms with E-state index in [1.807, 2.05) is 20.1 Å². The summed E-state index contributed by atoms with van der Waals surface area (Å²) in [7, 11) is 0. The van der Waals surface area contributed by atoms with Gasteiger partial charge in [-0.05, 0) is 56.1 Å². The van der Waals surface area contributed by atoms with Crippen LogP contribution in [0, 0.1) is 5.92 Å². The van der Waals surface area contributed by atoms with Crippen LogP contribution in [-0.4, -0.2) is 93.5 Å². The number of phenols is 1. The number of amides is 4. The van der Waals surface area contributed by atoms with E-state index in [4.69, 9.17) is 5.73 Å². The number of carboxylic acid groups (broad SMARTS) is 1. The van der Waals surface area contributed by atoms with Gasteiger partial charge >= 0.3 is 5.97 Å². The molecule has 12 nitrogen and oxygen atoms in total. The van der Waals surface area contributed by atoms with Gasteiger partial charge in [-0.15, -0.1) is 0 Å². The molecular formula is C27H41N5O7S. The Morgan fingerprint density at radius 2 is 1.65 bits per heavy atom. The molecular weight excluding hydrogens is 538 g/mol. The second kappa shape index (κ2) is 15.5. The third-order valence-corrected chi connectivity index (χ3v) is 7.28. The van der Waals surface area contributed by atoms with Crippen molar-refractivity contribution in [3.63, 3.8) is 0 Å². The molecule has 0 spiro atoms. The molecule has 0 saturated carbocycles. The maximum absolute atomic E-state index is 13.5. The number of carbonyl (C=O) groups excluding carboxylic acids is 4. The average Bonchev–Trinajstić information content (AvgIpc) is 3.38. The quantitative estimate of drug-likeness (QED) is 0.179. The van der Waals surface area contributed by atoms with Crippen LogP contribution in [0.1, 0.15) is 45.6 Å². The molecule has 1 aromatic carbocycles. The molecule has 2 rings (SSSR count). The lowest BCUT2D eigenvalue weighted by molar-refractivity contribution is -0.143. The lowest BCUT2D eigenvalue weighted by Crippen LogP contribution is -2.58. The smallest absolute Gasteiger partial charge is 0.326 e. The first kappa shape index (κ1) is 32.9. The second-order valence-electron chi connectivity index (χ2n) is 10.4. The van der Waals surface area contributed by atoms with Crippen LogP contribution in [-0.2, 0) is 30.4 Å². The molecule has 13 heteroatoms. The molecule has 0 aromatic heterocycles. The summed E-state index contributed by atoms with van der Waals surface area (Å²) in [4.78, 5) is 65.1. The minimum atomic E-state index is -1.25. The lowest BCUT2D eigenvalue weighted by atomic mass is 10.0. The number of hydrogen-bond donors (Lipinski definition) is 6. The number of thioether (sulfide) groups is 1. The van der Waals surface area contributed by atoms with E-state index in [1.165, 1.54) is 35.7 Å². The van der Waals surface area contributed by atoms with Crippen molar-refractivity contribution in [1.29, 1.82) is 0 Å². The Morgan fingerprint density at radius 1 is 1.02 bits per heavy atom. The van der Waals surface area contributed by atoms with Gasteiger partial charge in [0.15, 0.2) is 0 Å². The molecule has 0 unspecified atom stereocenters. The Bertz CT molecular complexity index is 1050. The monoisotopic (exact) mass is 579 g/mol. The molecule has 0 radical (unpaired) electrons. The normalized spacial score (nSPS) is 17.9. The standard InChI is InChI=1S/C27H41N5O7S/c1-15(2)12-20(30-24(35)19(28)14-40-4)26(37)32-11-5-6-22(32)25(36)29-16(3)23(34)31-21(27(38)39)13-17-7-9-18(33)10-8-17/h7-10,15-16,19-22,33H,5-6,11-14,28H2,1-4H3,(H,29,36)(H,30,35)(H,31,34)(H,38,39)/t16-,19-,20-,21-,22-/m0/s1. The molecule has 222 valence electrons. The van der Waals surface area contributed by atoms with E-state index in [0.29, 0.717) is 37.1 Å². The number of nitrogens with two attached hydrogens (primary N) is 1. The number of carboxylic acids is 1. The van der Waals surface area contributed by atoms with Crippen molar-refractivity contribution in [2.24, 2.45) is 11.7 Å². The molecule has 1 aliphatic heterocycles. The van der Waals surface area contributed by atoms with Crippen molar-refractivity contribution in [1.82, 2.24) is 20.9 Å². The SMILES string of the molecule is CSC[C@H](N)C(=O)N[C@@H](CC(C)C)C(=O)N1CCC[C@H]1C(=O)N[C@@H](C)C(=O)N[C@@H](Cc1ccc(O)cc1)C(=O)O. The summed E-state index contributed by atoms with van der Waals surface area (Å²) in [6, 6.07) is 1.19. The zero-order chi connectivity index (χ0) is 30.0. The minimum Gasteiger partial charge on any atom is -0.508 e. The van der Waals surface area contributed by atoms with Gasteiger partial charge in [-0.1, -0.05) is 26.0 Å². The molecule has 1 saturated heterocycles. The van der Waals surface area contributed by atoms with Crippen LogP contribution < -0.4 is 21.7 Å². The highest BCUT2D eigenvalue weighted by Crippen LogP contribution is 2.21. The summed E-state index contributed by atoms with van der Waals surface area (Å²) >= 11 is 1.42. The van der Waals surface area contributed by atoms with Crippen molar-refractivity contribution in [2.45, 2.75) is 76.7 Å². The van der Waals surface area contributed by atoms with E-state index >= 15 is 0 Å². The van der Waals surface area contributed by atoms with Crippen molar-refractivity contribution < 1.29 is 34.2 Å². The number of aromatic hydroxyl groups is 1. The third-order valence-electron chi connectivity index (χ3n) is 6.59. The van der Waals surface area contributed by atoms with Crippen LogP contribution in [0.5, 0.6) is 5.75 Å². The average molecular weight is 580 g/mol. The number of rotatable bonds is 14. The first-order chi connectivity index (χ1) is 18.8. The zero-order valence-corrected chi connectivity index (χ0v) is 24.2. The number of aliphatic carboxylic acids is 1. The van der Waals surface area contributed by atoms with Gasteiger partial charge < -0.3 is 36.8 Å². The maximum Gasteiger partial charge on any atom is 0.326 e. The fourth-order valence-electron chi connectivity index (χ4n) is 4.47. The summed E-state index contributed by atoms with van der Waals surface area (Å²) in [5, 5.41) is 26.8. The van der Waals surface area contributed by atoms with E-state index in [9.17, 15) is 34.2 Å². The molecule has 0 bridgehead atoms. The Kier molecular flexibility index (Phi) is 12.7. The van der Waals surface area contributed by atoms with Gasteiger partial charge in [-0.3, -0.25) is 19.2 Å². The first-order valence-corrected chi connectivity index (χ1v) is 14.7. The van der Waals surface area contributed by atoms with Gasteiger partial charge in [0.1, 0.15) is 29.9 Å². The fourth-order valence-corrected chi connectivity index (χ4v) is 4.98. The largest absolute Gasteiger partial charge is 0.508 e. The van der Waals surface area contributed by atoms with E-state index in [2.05, 4.69) is 16.0 Å². The Balaban J connectivity index is 2.04. The molecule has 1 heterocycles. The van der Waals surface area contributed by atoms with Crippen LogP contribution in [0.2, 0.25) is 0 Å². The van der Waals surface area contributed by atoms with Crippen LogP contribution >= 0.6 is 11.8 Å². The summed E-state index contributed by atoms with van der Waals surface area (Å²) in [5.74, 6) is -2.76. The summed E-state index contributed by atoms with van der Waals surface area (Å²) in [5.41, 5.74) is 6.51. The van der Waals surface area contributed by atoms with Crippen molar-refractivity contribution in [3.8, 4) is 5.75 Å². The number of nitrogens with one attached hydrogen (secondary N) is 3. The van der Waals surface area contributed by atoms with Gasteiger partial charge in [0, 0.05) is 18.7 Å². The summed E-state index contributed by atoms with van der Waals surface area (Å²) in [6.45, 7) is 5.61. The highest BCUT2D eigenvalue weighted by molar-refractivity contribution is 7.98. The summed E-state index contributed by atoms with van der Waals surface area (Å²) < 4.78 is 0. The van der Waals surface area contributed by atoms with Gasteiger partial charge in [0.05, 0.1) is 6.04 Å². The van der Waals surface area contributed by atoms with Crippen molar-refractivity contribution >= 4 is 41.4 Å². The topological polar surface area (TPSA) is 191 Å². The lowest BCUT2D eigenvalue weighted by Gasteiger charge is -2.30. The predicted octanol–water partition coefficient (Wildman–Crippen LogP) is 0.221. The number of hydrogen-bond acceptors (Lipinski definition) is 8. The number of phenolic OH excluding ortho intramolecular Hbond substituents is 1. The molecule has 40 heavy (non-hydrogen) atoms. The van der Waals surface area contributed by atoms with Crippen LogP contribution in [0.15, 0.2) is 24.3 Å². The molecule has 0 aliphatic carbocycles. The molecule has 1 aliphatic rings. The van der Waals surface area contributed by atoms with Gasteiger partial charge in [0.25, 0.3) is 0 Å². The van der Waals surface area contributed by atoms with Crippen molar-refractivity contribution in [2.75, 3.05) is 18.6 Å². The maximum atomic E-state index is 13.5. The van der Waals surface area contributed by atoms with Crippen LogP contribution in [0.3, 0.4) is 0 Å². The van der Waals surface area contributed by atoms with E-state index in [1.54, 1.807) is 12.1 Å². The minimum absolute atomic E-state index is 0.0174. The van der Waals surface area contributed by atoms with Crippen molar-refractivity contribution in [3.05, 3.63) is 29.8 Å². The number of carbonyl (C=O) groups is 5. The first-order valence-electron chi connectivity index (χ1n) is 13.3. The molecule has 7 N–H and O–H groups in total. The predicted molar refractivity (Wildman–Crippen MR) is 151 cm³/mol. The Hall–Kier alpha value is -3.32. The van der Waals surface area contributed by atoms with Gasteiger partial charge in [-0.2, -0.15) is 11.8 Å². The fraction of sp³-hybridized carbons (Fsp3) is 0.593. The Labute approximate surface area is 238 Å². The number of benzene rings is 1. The van der Waals surface area contributed by atoms with E-state index < -0.39 is 53.9 Å². The highest BCUT2D eigenvalue weighted by atomic mass is 32.2. The second-order valence-corrected chi connectivity index (χ2v) is 11.4. The molecule has 4 amide bonds. The zero-order valence-electron chi connectivity index (χ0n) is 23.4. The van der Waals surface area contributed by atoms with E-state index in [-0.39, 0.29) is 24.0 Å². The molecule has 1 aromatic rings. The van der Waals surface area contributed by atoms with E-state index in [0.717, 1.165) is 0 Å². The van der Waals surface area contributed by atoms with Crippen LogP contribution in [0.25, 0.3) is 0 Å².